The van der Waals surface area contributed by atoms with Crippen molar-refractivity contribution >= 4 is 11.5 Å². The number of nitrogens with zero attached hydrogens (tertiary/aromatic N) is 1. The Labute approximate surface area is 111 Å². The van der Waals surface area contributed by atoms with Crippen molar-refractivity contribution in [3.63, 3.8) is 0 Å². The first kappa shape index (κ1) is 13.4. The van der Waals surface area contributed by atoms with Crippen LogP contribution in [-0.2, 0) is 6.54 Å². The fourth-order valence-electron chi connectivity index (χ4n) is 1.47. The first-order valence-electron chi connectivity index (χ1n) is 5.08. The van der Waals surface area contributed by atoms with Crippen molar-refractivity contribution in [3.8, 4) is 0 Å². The van der Waals surface area contributed by atoms with Crippen LogP contribution >= 0.6 is 0 Å². The van der Waals surface area contributed by atoms with Crippen molar-refractivity contribution in [1.29, 1.82) is 0 Å². The third-order valence-electron chi connectivity index (χ3n) is 2.34. The highest BCUT2D eigenvalue weighted by molar-refractivity contribution is 5.95. The lowest BCUT2D eigenvalue weighted by atomic mass is 10.1. The smallest absolute Gasteiger partial charge is 0.227 e. The summed E-state index contributed by atoms with van der Waals surface area (Å²) in [5.41, 5.74) is 6.92. The second kappa shape index (κ2) is 6.15. The van der Waals surface area contributed by atoms with Gasteiger partial charge >= 0.3 is 0 Å². The number of benzene rings is 1. The third-order valence-corrected chi connectivity index (χ3v) is 2.34. The highest BCUT2D eigenvalue weighted by Gasteiger charge is 2.10. The second-order valence-corrected chi connectivity index (χ2v) is 3.59. The molecule has 2 aromatic rings. The molecule has 2 N–H and O–H groups in total. The molecule has 0 atom stereocenters. The molecule has 0 amide bonds. The molecular formula is C13H13BrN2O. The number of carbonyl (C=O) groups is 1. The molecule has 0 bridgehead atoms. The van der Waals surface area contributed by atoms with E-state index >= 15 is 0 Å². The lowest BCUT2D eigenvalue weighted by Crippen LogP contribution is -3.00. The summed E-state index contributed by atoms with van der Waals surface area (Å²) in [7, 11) is 0. The summed E-state index contributed by atoms with van der Waals surface area (Å²) in [5.74, 6) is 0.0798. The highest BCUT2D eigenvalue weighted by atomic mass is 79.9. The van der Waals surface area contributed by atoms with Crippen LogP contribution in [0.4, 0.5) is 5.69 Å². The van der Waals surface area contributed by atoms with Crippen LogP contribution < -0.4 is 27.3 Å². The van der Waals surface area contributed by atoms with Crippen LogP contribution in [0, 0.1) is 0 Å². The molecule has 0 aliphatic rings. The van der Waals surface area contributed by atoms with Crippen molar-refractivity contribution in [2.24, 2.45) is 0 Å². The number of pyridine rings is 1. The van der Waals surface area contributed by atoms with Crippen molar-refractivity contribution in [3.05, 3.63) is 60.4 Å². The van der Waals surface area contributed by atoms with E-state index in [-0.39, 0.29) is 22.8 Å². The molecule has 0 aliphatic heterocycles. The van der Waals surface area contributed by atoms with Crippen LogP contribution in [-0.4, -0.2) is 5.78 Å². The number of nitrogen functional groups attached to an aromatic ring is 1. The lowest BCUT2D eigenvalue weighted by Gasteiger charge is -1.98. The number of carbonyl (C=O) groups excluding carboxylic acids is 1. The zero-order valence-corrected chi connectivity index (χ0v) is 10.8. The first-order chi connectivity index (χ1) is 7.75. The van der Waals surface area contributed by atoms with E-state index in [9.17, 15) is 4.79 Å². The summed E-state index contributed by atoms with van der Waals surface area (Å²) >= 11 is 0. The van der Waals surface area contributed by atoms with Gasteiger partial charge in [-0.2, -0.15) is 4.57 Å². The van der Waals surface area contributed by atoms with Gasteiger partial charge in [0.15, 0.2) is 12.4 Å². The quantitative estimate of drug-likeness (QED) is 0.423. The number of rotatable bonds is 3. The van der Waals surface area contributed by atoms with Crippen LogP contribution in [0.1, 0.15) is 10.4 Å². The SMILES string of the molecule is Nc1ccc(C(=O)C[n+]2ccccc2)cc1.[Br-]. The summed E-state index contributed by atoms with van der Waals surface area (Å²) in [6, 6.07) is 12.7. The molecule has 0 aliphatic carbocycles. The number of nitrogens with two attached hydrogens (primary N) is 1. The van der Waals surface area contributed by atoms with Crippen molar-refractivity contribution in [2.75, 3.05) is 5.73 Å². The Bertz CT molecular complexity index is 483. The van der Waals surface area contributed by atoms with E-state index in [1.807, 2.05) is 35.2 Å². The van der Waals surface area contributed by atoms with Gasteiger partial charge in [0, 0.05) is 23.4 Å². The summed E-state index contributed by atoms with van der Waals surface area (Å²) in [6.07, 6.45) is 3.74. The molecule has 4 heteroatoms. The number of hydrogen-bond acceptors (Lipinski definition) is 2. The van der Waals surface area contributed by atoms with E-state index in [0.29, 0.717) is 17.8 Å². The number of ketones is 1. The predicted molar refractivity (Wildman–Crippen MR) is 61.8 cm³/mol. The van der Waals surface area contributed by atoms with E-state index in [1.165, 1.54) is 0 Å². The fourth-order valence-corrected chi connectivity index (χ4v) is 1.47. The lowest BCUT2D eigenvalue weighted by molar-refractivity contribution is -0.683. The minimum Gasteiger partial charge on any atom is -1.00 e. The van der Waals surface area contributed by atoms with Gasteiger partial charge in [-0.1, -0.05) is 6.07 Å². The highest BCUT2D eigenvalue weighted by Crippen LogP contribution is 2.06. The van der Waals surface area contributed by atoms with E-state index in [0.717, 1.165) is 0 Å². The van der Waals surface area contributed by atoms with Gasteiger partial charge in [0.25, 0.3) is 0 Å². The molecule has 2 rings (SSSR count). The molecule has 0 saturated carbocycles. The maximum absolute atomic E-state index is 11.9. The Morgan fingerprint density at radius 3 is 2.24 bits per heavy atom. The first-order valence-corrected chi connectivity index (χ1v) is 5.08. The number of Topliss-reactive ketones (excluding diaryl/α,β-unsaturated/α-hetero) is 1. The van der Waals surface area contributed by atoms with E-state index in [1.54, 1.807) is 24.3 Å². The number of halogens is 1. The number of hydrogen-bond donors (Lipinski definition) is 1. The largest absolute Gasteiger partial charge is 1.00 e. The molecule has 0 radical (unpaired) electrons. The zero-order valence-electron chi connectivity index (χ0n) is 9.21. The molecule has 17 heavy (non-hydrogen) atoms. The van der Waals surface area contributed by atoms with Crippen LogP contribution in [0.5, 0.6) is 0 Å². The van der Waals surface area contributed by atoms with Gasteiger partial charge in [-0.25, -0.2) is 0 Å². The maximum Gasteiger partial charge on any atom is 0.227 e. The van der Waals surface area contributed by atoms with E-state index in [2.05, 4.69) is 0 Å². The van der Waals surface area contributed by atoms with Crippen molar-refractivity contribution in [2.45, 2.75) is 6.54 Å². The molecule has 0 fully saturated rings. The predicted octanol–water partition coefficient (Wildman–Crippen LogP) is -1.56. The molecule has 1 aromatic carbocycles. The average molecular weight is 293 g/mol. The maximum atomic E-state index is 11.9. The van der Waals surface area contributed by atoms with Gasteiger partial charge in [0.05, 0.1) is 0 Å². The van der Waals surface area contributed by atoms with Gasteiger partial charge in [-0.05, 0) is 24.3 Å². The van der Waals surface area contributed by atoms with Gasteiger partial charge < -0.3 is 22.7 Å². The normalized spacial score (nSPS) is 9.41. The monoisotopic (exact) mass is 292 g/mol. The topological polar surface area (TPSA) is 47.0 Å². The standard InChI is InChI=1S/C13H12N2O.BrH/c14-12-6-4-11(5-7-12)13(16)10-15-8-2-1-3-9-15;/h1-9H,10H2,(H-,14,16);1H. The van der Waals surface area contributed by atoms with Crippen LogP contribution in [0.2, 0.25) is 0 Å². The molecule has 0 saturated heterocycles. The zero-order chi connectivity index (χ0) is 11.4. The molecule has 1 aromatic heterocycles. The summed E-state index contributed by atoms with van der Waals surface area (Å²) in [5, 5.41) is 0. The molecule has 1 heterocycles. The van der Waals surface area contributed by atoms with Crippen LogP contribution in [0.25, 0.3) is 0 Å². The molecular weight excluding hydrogens is 280 g/mol. The van der Waals surface area contributed by atoms with Crippen LogP contribution in [0.3, 0.4) is 0 Å². The minimum atomic E-state index is 0. The summed E-state index contributed by atoms with van der Waals surface area (Å²) in [4.78, 5) is 11.9. The van der Waals surface area contributed by atoms with Gasteiger partial charge in [0.1, 0.15) is 0 Å². The van der Waals surface area contributed by atoms with Crippen molar-refractivity contribution in [1.82, 2.24) is 0 Å². The molecule has 3 nitrogen and oxygen atoms in total. The Kier molecular flexibility index (Phi) is 4.84. The van der Waals surface area contributed by atoms with Crippen LogP contribution in [0.15, 0.2) is 54.9 Å². The summed E-state index contributed by atoms with van der Waals surface area (Å²) in [6.45, 7) is 0.352. The third kappa shape index (κ3) is 3.67. The van der Waals surface area contributed by atoms with Gasteiger partial charge in [0.2, 0.25) is 12.3 Å². The fraction of sp³-hybridized carbons (Fsp3) is 0.0769. The number of anilines is 1. The Morgan fingerprint density at radius 1 is 1.06 bits per heavy atom. The minimum absolute atomic E-state index is 0. The van der Waals surface area contributed by atoms with Crippen molar-refractivity contribution < 1.29 is 26.3 Å². The van der Waals surface area contributed by atoms with Gasteiger partial charge in [-0.15, -0.1) is 0 Å². The van der Waals surface area contributed by atoms with Gasteiger partial charge in [-0.3, -0.25) is 4.79 Å². The molecule has 88 valence electrons. The average Bonchev–Trinajstić information content (AvgIpc) is 2.31. The Balaban J connectivity index is 0.00000144. The molecule has 0 spiro atoms. The second-order valence-electron chi connectivity index (χ2n) is 3.59. The van der Waals surface area contributed by atoms with E-state index < -0.39 is 0 Å². The molecule has 0 unspecified atom stereocenters. The van der Waals surface area contributed by atoms with E-state index in [4.69, 9.17) is 5.73 Å². The Morgan fingerprint density at radius 2 is 1.65 bits per heavy atom. The number of aromatic nitrogens is 1. The Hall–Kier alpha value is -1.68. The summed E-state index contributed by atoms with van der Waals surface area (Å²) < 4.78 is 1.85.